The fraction of sp³-hybridized carbons (Fsp3) is 0.700. The van der Waals surface area contributed by atoms with Crippen LogP contribution >= 0.6 is 0 Å². The minimum Gasteiger partial charge on any atom is -0.323 e. The van der Waals surface area contributed by atoms with Crippen LogP contribution in [0.15, 0.2) is 6.07 Å². The van der Waals surface area contributed by atoms with Gasteiger partial charge in [-0.05, 0) is 25.8 Å². The number of aromatic amines is 1. The Bertz CT molecular complexity index is 271. The van der Waals surface area contributed by atoms with E-state index >= 15 is 0 Å². The van der Waals surface area contributed by atoms with E-state index in [-0.39, 0.29) is 6.04 Å². The number of nitrogens with zero attached hydrogens (tertiary/aromatic N) is 1. The molecule has 3 N–H and O–H groups in total. The largest absolute Gasteiger partial charge is 0.323 e. The van der Waals surface area contributed by atoms with Gasteiger partial charge in [0, 0.05) is 17.7 Å². The van der Waals surface area contributed by atoms with E-state index in [1.807, 2.05) is 6.92 Å². The molecule has 13 heavy (non-hydrogen) atoms. The molecule has 1 aromatic heterocycles. The molecule has 0 bridgehead atoms. The van der Waals surface area contributed by atoms with E-state index in [0.717, 1.165) is 5.69 Å². The smallest absolute Gasteiger partial charge is 0.0789 e. The first kappa shape index (κ1) is 8.75. The number of H-pyrrole nitrogens is 1. The summed E-state index contributed by atoms with van der Waals surface area (Å²) in [5, 5.41) is 7.31. The van der Waals surface area contributed by atoms with Crippen LogP contribution < -0.4 is 5.73 Å². The van der Waals surface area contributed by atoms with Crippen molar-refractivity contribution in [3.63, 3.8) is 0 Å². The van der Waals surface area contributed by atoms with E-state index in [9.17, 15) is 0 Å². The van der Waals surface area contributed by atoms with Crippen molar-refractivity contribution in [1.29, 1.82) is 0 Å². The van der Waals surface area contributed by atoms with Crippen LogP contribution in [-0.4, -0.2) is 10.2 Å². The molecule has 1 aliphatic rings. The lowest BCUT2D eigenvalue weighted by molar-refractivity contribution is 0.692. The van der Waals surface area contributed by atoms with E-state index in [2.05, 4.69) is 16.3 Å². The van der Waals surface area contributed by atoms with E-state index < -0.39 is 0 Å². The molecular formula is C10H17N3. The molecule has 0 saturated heterocycles. The molecule has 1 aromatic rings. The van der Waals surface area contributed by atoms with Crippen molar-refractivity contribution in [1.82, 2.24) is 10.2 Å². The second-order valence-corrected chi connectivity index (χ2v) is 4.02. The molecule has 0 radical (unpaired) electrons. The van der Waals surface area contributed by atoms with Crippen molar-refractivity contribution < 1.29 is 0 Å². The molecule has 0 aromatic carbocycles. The highest BCUT2D eigenvalue weighted by Gasteiger charge is 2.19. The summed E-state index contributed by atoms with van der Waals surface area (Å²) < 4.78 is 0. The summed E-state index contributed by atoms with van der Waals surface area (Å²) in [6.07, 6.45) is 5.33. The molecule has 2 rings (SSSR count). The van der Waals surface area contributed by atoms with Gasteiger partial charge in [0.25, 0.3) is 0 Å². The molecule has 1 heterocycles. The van der Waals surface area contributed by atoms with Gasteiger partial charge in [-0.15, -0.1) is 0 Å². The van der Waals surface area contributed by atoms with E-state index in [1.54, 1.807) is 0 Å². The molecule has 1 atom stereocenters. The molecule has 1 fully saturated rings. The van der Waals surface area contributed by atoms with Crippen molar-refractivity contribution in [3.8, 4) is 0 Å². The van der Waals surface area contributed by atoms with Crippen LogP contribution in [0.3, 0.4) is 0 Å². The normalized spacial score (nSPS) is 20.8. The Kier molecular flexibility index (Phi) is 2.36. The lowest BCUT2D eigenvalue weighted by Crippen LogP contribution is -2.04. The number of rotatable bonds is 2. The fourth-order valence-corrected chi connectivity index (χ4v) is 2.03. The van der Waals surface area contributed by atoms with Gasteiger partial charge >= 0.3 is 0 Å². The summed E-state index contributed by atoms with van der Waals surface area (Å²) in [5.74, 6) is 0.708. The minimum absolute atomic E-state index is 0.0476. The summed E-state index contributed by atoms with van der Waals surface area (Å²) in [4.78, 5) is 0. The number of nitrogens with one attached hydrogen (secondary N) is 1. The van der Waals surface area contributed by atoms with Crippen LogP contribution in [-0.2, 0) is 0 Å². The number of hydrogen-bond acceptors (Lipinski definition) is 2. The third kappa shape index (κ3) is 1.75. The molecule has 3 nitrogen and oxygen atoms in total. The number of hydrogen-bond donors (Lipinski definition) is 2. The van der Waals surface area contributed by atoms with Gasteiger partial charge in [-0.1, -0.05) is 12.8 Å². The van der Waals surface area contributed by atoms with Gasteiger partial charge in [0.2, 0.25) is 0 Å². The monoisotopic (exact) mass is 179 g/mol. The average molecular weight is 179 g/mol. The highest BCUT2D eigenvalue weighted by atomic mass is 15.1. The Morgan fingerprint density at radius 3 is 2.77 bits per heavy atom. The molecule has 0 aliphatic heterocycles. The van der Waals surface area contributed by atoms with Gasteiger partial charge < -0.3 is 5.73 Å². The maximum absolute atomic E-state index is 5.74. The average Bonchev–Trinajstić information content (AvgIpc) is 2.75. The van der Waals surface area contributed by atoms with Crippen molar-refractivity contribution in [2.75, 3.05) is 0 Å². The summed E-state index contributed by atoms with van der Waals surface area (Å²) in [6.45, 7) is 1.97. The highest BCUT2D eigenvalue weighted by Crippen LogP contribution is 2.33. The summed E-state index contributed by atoms with van der Waals surface area (Å²) in [5.41, 5.74) is 8.01. The van der Waals surface area contributed by atoms with Gasteiger partial charge in [-0.25, -0.2) is 0 Å². The molecule has 3 heteroatoms. The van der Waals surface area contributed by atoms with Gasteiger partial charge in [-0.2, -0.15) is 5.10 Å². The topological polar surface area (TPSA) is 54.7 Å². The highest BCUT2D eigenvalue weighted by molar-refractivity contribution is 5.16. The van der Waals surface area contributed by atoms with Gasteiger partial charge in [0.05, 0.1) is 5.69 Å². The first-order chi connectivity index (χ1) is 6.27. The SMILES string of the molecule is C[C@H](N)c1cc(C2CCCC2)[nH]n1. The van der Waals surface area contributed by atoms with E-state index in [4.69, 9.17) is 5.73 Å². The van der Waals surface area contributed by atoms with Gasteiger partial charge in [0.15, 0.2) is 0 Å². The lowest BCUT2D eigenvalue weighted by Gasteiger charge is -2.03. The molecule has 1 saturated carbocycles. The van der Waals surface area contributed by atoms with E-state index in [1.165, 1.54) is 31.4 Å². The van der Waals surface area contributed by atoms with E-state index in [0.29, 0.717) is 5.92 Å². The second-order valence-electron chi connectivity index (χ2n) is 4.02. The third-order valence-electron chi connectivity index (χ3n) is 2.88. The Labute approximate surface area is 78.7 Å². The quantitative estimate of drug-likeness (QED) is 0.730. The predicted molar refractivity (Wildman–Crippen MR) is 52.4 cm³/mol. The molecule has 1 aliphatic carbocycles. The lowest BCUT2D eigenvalue weighted by atomic mass is 10.0. The van der Waals surface area contributed by atoms with Crippen LogP contribution in [0.25, 0.3) is 0 Å². The Morgan fingerprint density at radius 1 is 1.54 bits per heavy atom. The zero-order valence-electron chi connectivity index (χ0n) is 8.09. The summed E-state index contributed by atoms with van der Waals surface area (Å²) in [7, 11) is 0. The van der Waals surface area contributed by atoms with Crippen molar-refractivity contribution in [3.05, 3.63) is 17.5 Å². The molecule has 0 amide bonds. The van der Waals surface area contributed by atoms with Crippen LogP contribution in [0.2, 0.25) is 0 Å². The van der Waals surface area contributed by atoms with Crippen molar-refractivity contribution in [2.24, 2.45) is 5.73 Å². The fourth-order valence-electron chi connectivity index (χ4n) is 2.03. The number of nitrogens with two attached hydrogens (primary N) is 1. The Balaban J connectivity index is 2.12. The van der Waals surface area contributed by atoms with Crippen molar-refractivity contribution >= 4 is 0 Å². The maximum Gasteiger partial charge on any atom is 0.0789 e. The zero-order chi connectivity index (χ0) is 9.26. The third-order valence-corrected chi connectivity index (χ3v) is 2.88. The van der Waals surface area contributed by atoms with Crippen LogP contribution in [0.1, 0.15) is 56.0 Å². The Morgan fingerprint density at radius 2 is 2.23 bits per heavy atom. The van der Waals surface area contributed by atoms with Crippen molar-refractivity contribution in [2.45, 2.75) is 44.6 Å². The zero-order valence-corrected chi connectivity index (χ0v) is 8.09. The van der Waals surface area contributed by atoms with Crippen LogP contribution in [0.4, 0.5) is 0 Å². The second kappa shape index (κ2) is 3.50. The summed E-state index contributed by atoms with van der Waals surface area (Å²) in [6, 6.07) is 2.17. The number of aromatic nitrogens is 2. The molecule has 72 valence electrons. The molecule has 0 unspecified atom stereocenters. The first-order valence-electron chi connectivity index (χ1n) is 5.08. The standard InChI is InChI=1S/C10H17N3/c1-7(11)9-6-10(13-12-9)8-4-2-3-5-8/h6-8H,2-5,11H2,1H3,(H,12,13)/t7-/m0/s1. The first-order valence-corrected chi connectivity index (χ1v) is 5.08. The van der Waals surface area contributed by atoms with Crippen LogP contribution in [0, 0.1) is 0 Å². The minimum atomic E-state index is 0.0476. The van der Waals surface area contributed by atoms with Gasteiger partial charge in [-0.3, -0.25) is 5.10 Å². The molecule has 0 spiro atoms. The summed E-state index contributed by atoms with van der Waals surface area (Å²) >= 11 is 0. The molecular weight excluding hydrogens is 162 g/mol. The maximum atomic E-state index is 5.74. The Hall–Kier alpha value is -0.830. The van der Waals surface area contributed by atoms with Gasteiger partial charge in [0.1, 0.15) is 0 Å². The van der Waals surface area contributed by atoms with Crippen LogP contribution in [0.5, 0.6) is 0 Å². The predicted octanol–water partition coefficient (Wildman–Crippen LogP) is 2.09.